The summed E-state index contributed by atoms with van der Waals surface area (Å²) in [7, 11) is 0. The van der Waals surface area contributed by atoms with Gasteiger partial charge in [0.1, 0.15) is 0 Å². The van der Waals surface area contributed by atoms with Crippen molar-refractivity contribution in [1.29, 1.82) is 0 Å². The Labute approximate surface area is 108 Å². The molecule has 0 saturated heterocycles. The summed E-state index contributed by atoms with van der Waals surface area (Å²) in [5.41, 5.74) is 10.2. The first-order valence-electron chi connectivity index (χ1n) is 6.24. The van der Waals surface area contributed by atoms with E-state index in [1.54, 1.807) is 6.20 Å². The van der Waals surface area contributed by atoms with Crippen LogP contribution >= 0.6 is 0 Å². The zero-order valence-electron chi connectivity index (χ0n) is 10.9. The quantitative estimate of drug-likeness (QED) is 0.894. The van der Waals surface area contributed by atoms with Crippen LogP contribution in [0.2, 0.25) is 0 Å². The highest BCUT2D eigenvalue weighted by molar-refractivity contribution is 5.65. The van der Waals surface area contributed by atoms with Crippen molar-refractivity contribution in [3.05, 3.63) is 53.9 Å². The smallest absolute Gasteiger partial charge is 0.0775 e. The molecule has 0 atom stereocenters. The van der Waals surface area contributed by atoms with Gasteiger partial charge in [0.25, 0.3) is 0 Å². The third kappa shape index (κ3) is 2.51. The minimum absolute atomic E-state index is 0.457. The predicted octanol–water partition coefficient (Wildman–Crippen LogP) is 3.01. The molecule has 0 fully saturated rings. The van der Waals surface area contributed by atoms with Gasteiger partial charge in [0.15, 0.2) is 0 Å². The van der Waals surface area contributed by atoms with E-state index in [-0.39, 0.29) is 0 Å². The van der Waals surface area contributed by atoms with Crippen molar-refractivity contribution in [2.24, 2.45) is 5.73 Å². The predicted molar refractivity (Wildman–Crippen MR) is 76.0 cm³/mol. The Bertz CT molecular complexity index is 523. The first-order chi connectivity index (χ1) is 8.76. The summed E-state index contributed by atoms with van der Waals surface area (Å²) in [6, 6.07) is 12.5. The van der Waals surface area contributed by atoms with Crippen molar-refractivity contribution in [3.8, 4) is 0 Å². The highest BCUT2D eigenvalue weighted by Gasteiger charge is 2.11. The zero-order valence-corrected chi connectivity index (χ0v) is 10.9. The maximum atomic E-state index is 5.76. The van der Waals surface area contributed by atoms with Crippen LogP contribution in [0.4, 0.5) is 11.4 Å². The molecular formula is C15H19N3. The van der Waals surface area contributed by atoms with Crippen molar-refractivity contribution >= 4 is 11.4 Å². The number of pyridine rings is 1. The lowest BCUT2D eigenvalue weighted by Crippen LogP contribution is -2.19. The minimum Gasteiger partial charge on any atom is -0.340 e. The molecule has 1 aromatic carbocycles. The molecule has 2 rings (SSSR count). The van der Waals surface area contributed by atoms with Crippen molar-refractivity contribution < 1.29 is 0 Å². The molecular weight excluding hydrogens is 222 g/mol. The molecule has 1 aromatic heterocycles. The summed E-state index contributed by atoms with van der Waals surface area (Å²) in [5.74, 6) is 0. The maximum absolute atomic E-state index is 5.76. The second-order valence-electron chi connectivity index (χ2n) is 4.26. The Kier molecular flexibility index (Phi) is 3.95. The third-order valence-electron chi connectivity index (χ3n) is 2.98. The van der Waals surface area contributed by atoms with Crippen LogP contribution in [0, 0.1) is 6.92 Å². The van der Waals surface area contributed by atoms with Crippen LogP contribution in [0.25, 0.3) is 0 Å². The molecule has 2 aromatic rings. The van der Waals surface area contributed by atoms with E-state index in [0.29, 0.717) is 6.54 Å². The lowest BCUT2D eigenvalue weighted by atomic mass is 10.1. The fourth-order valence-corrected chi connectivity index (χ4v) is 2.12. The Hall–Kier alpha value is -1.87. The van der Waals surface area contributed by atoms with E-state index in [9.17, 15) is 0 Å². The Morgan fingerprint density at radius 3 is 2.72 bits per heavy atom. The van der Waals surface area contributed by atoms with Crippen molar-refractivity contribution in [1.82, 2.24) is 4.98 Å². The number of nitrogens with two attached hydrogens (primary N) is 1. The van der Waals surface area contributed by atoms with E-state index >= 15 is 0 Å². The summed E-state index contributed by atoms with van der Waals surface area (Å²) >= 11 is 0. The summed E-state index contributed by atoms with van der Waals surface area (Å²) < 4.78 is 0. The fraction of sp³-hybridized carbons (Fsp3) is 0.267. The molecule has 0 saturated carbocycles. The number of hydrogen-bond donors (Lipinski definition) is 1. The number of anilines is 2. The van der Waals surface area contributed by atoms with Gasteiger partial charge in [-0.3, -0.25) is 4.98 Å². The van der Waals surface area contributed by atoms with E-state index in [1.807, 2.05) is 6.07 Å². The van der Waals surface area contributed by atoms with E-state index in [1.165, 1.54) is 11.3 Å². The highest BCUT2D eigenvalue weighted by atomic mass is 15.1. The Balaban J connectivity index is 2.45. The number of rotatable bonds is 4. The summed E-state index contributed by atoms with van der Waals surface area (Å²) in [6.07, 6.45) is 1.79. The number of hydrogen-bond acceptors (Lipinski definition) is 3. The van der Waals surface area contributed by atoms with Crippen LogP contribution in [-0.4, -0.2) is 11.5 Å². The van der Waals surface area contributed by atoms with E-state index in [4.69, 9.17) is 5.73 Å². The van der Waals surface area contributed by atoms with Crippen molar-refractivity contribution in [2.45, 2.75) is 20.4 Å². The van der Waals surface area contributed by atoms with Gasteiger partial charge >= 0.3 is 0 Å². The maximum Gasteiger partial charge on any atom is 0.0775 e. The minimum atomic E-state index is 0.457. The molecule has 3 nitrogen and oxygen atoms in total. The molecule has 0 unspecified atom stereocenters. The van der Waals surface area contributed by atoms with Gasteiger partial charge in [-0.1, -0.05) is 12.1 Å². The Morgan fingerprint density at radius 1 is 1.22 bits per heavy atom. The van der Waals surface area contributed by atoms with Crippen LogP contribution in [-0.2, 0) is 6.54 Å². The molecule has 0 aliphatic carbocycles. The first-order valence-corrected chi connectivity index (χ1v) is 6.24. The molecule has 0 bridgehead atoms. The molecule has 3 heteroatoms. The molecule has 18 heavy (non-hydrogen) atoms. The zero-order chi connectivity index (χ0) is 13.0. The van der Waals surface area contributed by atoms with Gasteiger partial charge in [0.05, 0.1) is 11.4 Å². The molecule has 0 aliphatic heterocycles. The highest BCUT2D eigenvalue weighted by Crippen LogP contribution is 2.27. The first kappa shape index (κ1) is 12.6. The molecule has 0 radical (unpaired) electrons. The number of benzene rings is 1. The normalized spacial score (nSPS) is 10.4. The van der Waals surface area contributed by atoms with Crippen molar-refractivity contribution in [3.63, 3.8) is 0 Å². The van der Waals surface area contributed by atoms with E-state index < -0.39 is 0 Å². The van der Waals surface area contributed by atoms with Gasteiger partial charge in [0.2, 0.25) is 0 Å². The van der Waals surface area contributed by atoms with Gasteiger partial charge in [-0.05, 0) is 43.7 Å². The molecule has 0 spiro atoms. The van der Waals surface area contributed by atoms with Gasteiger partial charge in [-0.2, -0.15) is 0 Å². The monoisotopic (exact) mass is 241 g/mol. The van der Waals surface area contributed by atoms with E-state index in [2.05, 4.69) is 54.1 Å². The van der Waals surface area contributed by atoms with Crippen LogP contribution in [0.1, 0.15) is 18.2 Å². The second-order valence-corrected chi connectivity index (χ2v) is 4.26. The second kappa shape index (κ2) is 5.65. The number of nitrogens with zero attached hydrogens (tertiary/aromatic N) is 2. The topological polar surface area (TPSA) is 42.2 Å². The average molecular weight is 241 g/mol. The van der Waals surface area contributed by atoms with Crippen molar-refractivity contribution in [2.75, 3.05) is 11.4 Å². The summed E-state index contributed by atoms with van der Waals surface area (Å²) in [6.45, 7) is 5.58. The van der Waals surface area contributed by atoms with Gasteiger partial charge in [-0.15, -0.1) is 0 Å². The van der Waals surface area contributed by atoms with Gasteiger partial charge in [-0.25, -0.2) is 0 Å². The largest absolute Gasteiger partial charge is 0.340 e. The van der Waals surface area contributed by atoms with Crippen LogP contribution < -0.4 is 10.6 Å². The lowest BCUT2D eigenvalue weighted by Gasteiger charge is -2.25. The van der Waals surface area contributed by atoms with Crippen LogP contribution in [0.3, 0.4) is 0 Å². The molecule has 2 N–H and O–H groups in total. The molecule has 0 amide bonds. The van der Waals surface area contributed by atoms with Gasteiger partial charge in [0, 0.05) is 25.0 Å². The fourth-order valence-electron chi connectivity index (χ4n) is 2.12. The van der Waals surface area contributed by atoms with Crippen LogP contribution in [0.15, 0.2) is 42.6 Å². The van der Waals surface area contributed by atoms with E-state index in [0.717, 1.165) is 17.9 Å². The molecule has 0 aliphatic rings. The lowest BCUT2D eigenvalue weighted by molar-refractivity contribution is 0.940. The van der Waals surface area contributed by atoms with Gasteiger partial charge < -0.3 is 10.6 Å². The third-order valence-corrected chi connectivity index (χ3v) is 2.98. The standard InChI is InChI=1S/C15H19N3/c1-3-18(13-7-4-6-12(2)10-13)15-8-5-9-17-14(15)11-16/h4-10H,3,11,16H2,1-2H3. The Morgan fingerprint density at radius 2 is 2.06 bits per heavy atom. The van der Waals surface area contributed by atoms with Crippen LogP contribution in [0.5, 0.6) is 0 Å². The summed E-state index contributed by atoms with van der Waals surface area (Å²) in [4.78, 5) is 6.59. The summed E-state index contributed by atoms with van der Waals surface area (Å²) in [5, 5.41) is 0. The SMILES string of the molecule is CCN(c1cccc(C)c1)c1cccnc1CN. The number of aryl methyl sites for hydroxylation is 1. The molecule has 94 valence electrons. The average Bonchev–Trinajstić information content (AvgIpc) is 2.40. The molecule has 1 heterocycles. The number of aromatic nitrogens is 1.